The molecule has 0 heterocycles. The summed E-state index contributed by atoms with van der Waals surface area (Å²) in [5.74, 6) is 0. The first-order chi connectivity index (χ1) is 8.47. The quantitative estimate of drug-likeness (QED) is 0.716. The van der Waals surface area contributed by atoms with Gasteiger partial charge in [-0.3, -0.25) is 0 Å². The SMILES string of the molecule is Cc1ccc(Br)cc1Nc1cc(Cl)c(Cl)cc1N. The maximum absolute atomic E-state index is 5.99. The minimum Gasteiger partial charge on any atom is -0.397 e. The number of nitrogen functional groups attached to an aromatic ring is 1. The molecule has 2 aromatic rings. The van der Waals surface area contributed by atoms with Crippen molar-refractivity contribution in [2.24, 2.45) is 0 Å². The first-order valence-electron chi connectivity index (χ1n) is 5.25. The average Bonchev–Trinajstić information content (AvgIpc) is 2.30. The molecule has 18 heavy (non-hydrogen) atoms. The highest BCUT2D eigenvalue weighted by molar-refractivity contribution is 9.10. The fourth-order valence-electron chi connectivity index (χ4n) is 1.54. The summed E-state index contributed by atoms with van der Waals surface area (Å²) in [7, 11) is 0. The molecule has 0 aliphatic carbocycles. The molecule has 5 heteroatoms. The van der Waals surface area contributed by atoms with E-state index in [0.29, 0.717) is 15.7 Å². The molecule has 0 aliphatic heterocycles. The standard InChI is InChI=1S/C13H11BrCl2N2/c1-7-2-3-8(14)4-12(7)18-13-6-10(16)9(15)5-11(13)17/h2-6,18H,17H2,1H3. The van der Waals surface area contributed by atoms with Crippen LogP contribution in [0.3, 0.4) is 0 Å². The van der Waals surface area contributed by atoms with Crippen LogP contribution in [0.15, 0.2) is 34.8 Å². The normalized spacial score (nSPS) is 10.4. The monoisotopic (exact) mass is 344 g/mol. The summed E-state index contributed by atoms with van der Waals surface area (Å²) in [5, 5.41) is 4.17. The van der Waals surface area contributed by atoms with E-state index in [0.717, 1.165) is 21.4 Å². The molecule has 0 aromatic heterocycles. The van der Waals surface area contributed by atoms with Crippen molar-refractivity contribution < 1.29 is 0 Å². The van der Waals surface area contributed by atoms with Crippen molar-refractivity contribution in [3.63, 3.8) is 0 Å². The van der Waals surface area contributed by atoms with Crippen molar-refractivity contribution in [2.45, 2.75) is 6.92 Å². The lowest BCUT2D eigenvalue weighted by Crippen LogP contribution is -1.98. The summed E-state index contributed by atoms with van der Waals surface area (Å²) >= 11 is 15.3. The summed E-state index contributed by atoms with van der Waals surface area (Å²) in [6.07, 6.45) is 0. The van der Waals surface area contributed by atoms with E-state index in [4.69, 9.17) is 28.9 Å². The van der Waals surface area contributed by atoms with Crippen LogP contribution in [0.4, 0.5) is 17.1 Å². The Kier molecular flexibility index (Phi) is 4.05. The summed E-state index contributed by atoms with van der Waals surface area (Å²) in [5.41, 5.74) is 9.29. The molecule has 0 aliphatic rings. The number of halogens is 3. The predicted octanol–water partition coefficient (Wildman–Crippen LogP) is 5.39. The zero-order chi connectivity index (χ0) is 13.3. The Morgan fingerprint density at radius 1 is 1.06 bits per heavy atom. The molecule has 0 fully saturated rings. The first kappa shape index (κ1) is 13.5. The van der Waals surface area contributed by atoms with Gasteiger partial charge in [0.2, 0.25) is 0 Å². The van der Waals surface area contributed by atoms with E-state index in [1.165, 1.54) is 0 Å². The molecule has 2 aromatic carbocycles. The molecule has 0 radical (unpaired) electrons. The number of nitrogens with one attached hydrogen (secondary N) is 1. The van der Waals surface area contributed by atoms with Crippen molar-refractivity contribution in [3.05, 3.63) is 50.4 Å². The topological polar surface area (TPSA) is 38.0 Å². The smallest absolute Gasteiger partial charge is 0.0634 e. The van der Waals surface area contributed by atoms with Crippen LogP contribution in [0, 0.1) is 6.92 Å². The third-order valence-electron chi connectivity index (χ3n) is 2.56. The average molecular weight is 346 g/mol. The Bertz CT molecular complexity index is 600. The highest BCUT2D eigenvalue weighted by atomic mass is 79.9. The number of hydrogen-bond donors (Lipinski definition) is 2. The van der Waals surface area contributed by atoms with E-state index < -0.39 is 0 Å². The highest BCUT2D eigenvalue weighted by Crippen LogP contribution is 2.33. The molecule has 0 bridgehead atoms. The lowest BCUT2D eigenvalue weighted by molar-refractivity contribution is 1.42. The molecule has 94 valence electrons. The van der Waals surface area contributed by atoms with E-state index >= 15 is 0 Å². The Balaban J connectivity index is 2.40. The number of aryl methyl sites for hydroxylation is 1. The molecular weight excluding hydrogens is 335 g/mol. The van der Waals surface area contributed by atoms with E-state index in [1.807, 2.05) is 25.1 Å². The van der Waals surface area contributed by atoms with Gasteiger partial charge in [0, 0.05) is 10.2 Å². The second-order valence-electron chi connectivity index (χ2n) is 3.94. The Hall–Kier alpha value is -0.900. The van der Waals surface area contributed by atoms with Gasteiger partial charge in [0.25, 0.3) is 0 Å². The van der Waals surface area contributed by atoms with Crippen LogP contribution in [-0.2, 0) is 0 Å². The van der Waals surface area contributed by atoms with Crippen LogP contribution in [-0.4, -0.2) is 0 Å². The third kappa shape index (κ3) is 2.91. The predicted molar refractivity (Wildman–Crippen MR) is 83.0 cm³/mol. The Morgan fingerprint density at radius 2 is 1.72 bits per heavy atom. The minimum atomic E-state index is 0.450. The van der Waals surface area contributed by atoms with Crippen LogP contribution in [0.2, 0.25) is 10.0 Å². The van der Waals surface area contributed by atoms with Crippen LogP contribution < -0.4 is 11.1 Å². The van der Waals surface area contributed by atoms with Gasteiger partial charge in [0.05, 0.1) is 21.4 Å². The molecule has 0 saturated carbocycles. The molecule has 0 unspecified atom stereocenters. The Labute approximate surface area is 124 Å². The number of nitrogens with two attached hydrogens (primary N) is 1. The number of hydrogen-bond acceptors (Lipinski definition) is 2. The lowest BCUT2D eigenvalue weighted by Gasteiger charge is -2.13. The molecule has 0 saturated heterocycles. The van der Waals surface area contributed by atoms with E-state index in [-0.39, 0.29) is 0 Å². The molecule has 2 rings (SSSR count). The van der Waals surface area contributed by atoms with Gasteiger partial charge in [-0.05, 0) is 36.8 Å². The van der Waals surface area contributed by atoms with Crippen molar-refractivity contribution in [1.82, 2.24) is 0 Å². The van der Waals surface area contributed by atoms with Gasteiger partial charge in [-0.1, -0.05) is 45.2 Å². The van der Waals surface area contributed by atoms with Gasteiger partial charge in [-0.15, -0.1) is 0 Å². The van der Waals surface area contributed by atoms with Crippen molar-refractivity contribution in [3.8, 4) is 0 Å². The maximum Gasteiger partial charge on any atom is 0.0634 e. The fourth-order valence-corrected chi connectivity index (χ4v) is 2.24. The van der Waals surface area contributed by atoms with Crippen molar-refractivity contribution in [2.75, 3.05) is 11.1 Å². The minimum absolute atomic E-state index is 0.450. The van der Waals surface area contributed by atoms with E-state index in [1.54, 1.807) is 12.1 Å². The summed E-state index contributed by atoms with van der Waals surface area (Å²) in [4.78, 5) is 0. The van der Waals surface area contributed by atoms with Crippen LogP contribution >= 0.6 is 39.1 Å². The van der Waals surface area contributed by atoms with Gasteiger partial charge in [0.1, 0.15) is 0 Å². The highest BCUT2D eigenvalue weighted by Gasteiger charge is 2.07. The lowest BCUT2D eigenvalue weighted by atomic mass is 10.2. The van der Waals surface area contributed by atoms with Crippen LogP contribution in [0.25, 0.3) is 0 Å². The maximum atomic E-state index is 5.99. The number of benzene rings is 2. The zero-order valence-electron chi connectivity index (χ0n) is 9.60. The van der Waals surface area contributed by atoms with Gasteiger partial charge in [0.15, 0.2) is 0 Å². The van der Waals surface area contributed by atoms with E-state index in [9.17, 15) is 0 Å². The molecule has 0 atom stereocenters. The molecule has 0 spiro atoms. The van der Waals surface area contributed by atoms with Gasteiger partial charge in [-0.25, -0.2) is 0 Å². The van der Waals surface area contributed by atoms with Crippen molar-refractivity contribution in [1.29, 1.82) is 0 Å². The number of rotatable bonds is 2. The molecule has 2 nitrogen and oxygen atoms in total. The summed E-state index contributed by atoms with van der Waals surface area (Å²) in [6, 6.07) is 9.34. The zero-order valence-corrected chi connectivity index (χ0v) is 12.7. The van der Waals surface area contributed by atoms with Gasteiger partial charge < -0.3 is 11.1 Å². The largest absolute Gasteiger partial charge is 0.397 e. The second kappa shape index (κ2) is 5.39. The van der Waals surface area contributed by atoms with Crippen molar-refractivity contribution >= 4 is 56.2 Å². The third-order valence-corrected chi connectivity index (χ3v) is 3.78. The van der Waals surface area contributed by atoms with Gasteiger partial charge in [-0.2, -0.15) is 0 Å². The summed E-state index contributed by atoms with van der Waals surface area (Å²) in [6.45, 7) is 2.02. The van der Waals surface area contributed by atoms with Gasteiger partial charge >= 0.3 is 0 Å². The number of anilines is 3. The molecular formula is C13H11BrCl2N2. The fraction of sp³-hybridized carbons (Fsp3) is 0.0769. The van der Waals surface area contributed by atoms with E-state index in [2.05, 4.69) is 21.2 Å². The molecule has 0 amide bonds. The van der Waals surface area contributed by atoms with Crippen LogP contribution in [0.1, 0.15) is 5.56 Å². The second-order valence-corrected chi connectivity index (χ2v) is 5.67. The molecule has 3 N–H and O–H groups in total. The van der Waals surface area contributed by atoms with Crippen LogP contribution in [0.5, 0.6) is 0 Å². The Morgan fingerprint density at radius 3 is 2.44 bits per heavy atom. The first-order valence-corrected chi connectivity index (χ1v) is 6.80. The summed E-state index contributed by atoms with van der Waals surface area (Å²) < 4.78 is 0.995.